The fourth-order valence-electron chi connectivity index (χ4n) is 3.39. The molecular weight excluding hydrogens is 343 g/mol. The van der Waals surface area contributed by atoms with Gasteiger partial charge >= 0.3 is 0 Å². The van der Waals surface area contributed by atoms with E-state index in [1.165, 1.54) is 0 Å². The molecular formula is C19H18Cl2N2O. The van der Waals surface area contributed by atoms with E-state index in [0.717, 1.165) is 51.9 Å². The minimum atomic E-state index is -0.0292. The number of hydrogen-bond acceptors (Lipinski definition) is 3. The number of hydrazone groups is 1. The van der Waals surface area contributed by atoms with Gasteiger partial charge in [-0.3, -0.25) is 5.01 Å². The molecule has 2 heterocycles. The Morgan fingerprint density at radius 2 is 1.88 bits per heavy atom. The van der Waals surface area contributed by atoms with Gasteiger partial charge in [0.15, 0.2) is 6.23 Å². The molecule has 5 heteroatoms. The van der Waals surface area contributed by atoms with Crippen LogP contribution in [0.25, 0.3) is 0 Å². The summed E-state index contributed by atoms with van der Waals surface area (Å²) in [5, 5.41) is 8.44. The smallest absolute Gasteiger partial charge is 0.187 e. The first-order valence-corrected chi connectivity index (χ1v) is 8.99. The van der Waals surface area contributed by atoms with Crippen molar-refractivity contribution in [1.29, 1.82) is 0 Å². The van der Waals surface area contributed by atoms with Gasteiger partial charge in [0, 0.05) is 28.5 Å². The highest BCUT2D eigenvalue weighted by molar-refractivity contribution is 6.31. The SMILES string of the molecule is CCCC1Oc2ccc(Cl)cc2C2CC(c3ccc(Cl)cc3)=NN12. The summed E-state index contributed by atoms with van der Waals surface area (Å²) in [6.45, 7) is 2.16. The van der Waals surface area contributed by atoms with Crippen LogP contribution in [0, 0.1) is 0 Å². The van der Waals surface area contributed by atoms with Gasteiger partial charge in [-0.2, -0.15) is 5.10 Å². The fourth-order valence-corrected chi connectivity index (χ4v) is 3.69. The Kier molecular flexibility index (Phi) is 4.15. The molecule has 2 unspecified atom stereocenters. The summed E-state index contributed by atoms with van der Waals surface area (Å²) in [7, 11) is 0. The normalized spacial score (nSPS) is 21.8. The van der Waals surface area contributed by atoms with Crippen LogP contribution >= 0.6 is 23.2 Å². The zero-order valence-electron chi connectivity index (χ0n) is 13.4. The molecule has 0 saturated heterocycles. The van der Waals surface area contributed by atoms with E-state index < -0.39 is 0 Å². The maximum atomic E-state index is 6.21. The number of benzene rings is 2. The van der Waals surface area contributed by atoms with Crippen LogP contribution in [-0.4, -0.2) is 16.9 Å². The minimum Gasteiger partial charge on any atom is -0.469 e. The van der Waals surface area contributed by atoms with E-state index in [9.17, 15) is 0 Å². The van der Waals surface area contributed by atoms with E-state index in [2.05, 4.69) is 11.9 Å². The van der Waals surface area contributed by atoms with E-state index in [1.807, 2.05) is 42.5 Å². The van der Waals surface area contributed by atoms with Crippen LogP contribution < -0.4 is 4.74 Å². The van der Waals surface area contributed by atoms with Crippen LogP contribution in [0.5, 0.6) is 5.75 Å². The molecule has 0 amide bonds. The van der Waals surface area contributed by atoms with Crippen molar-refractivity contribution >= 4 is 28.9 Å². The molecule has 4 rings (SSSR count). The molecule has 2 aliphatic heterocycles. The average molecular weight is 361 g/mol. The fraction of sp³-hybridized carbons (Fsp3) is 0.316. The van der Waals surface area contributed by atoms with Gasteiger partial charge in [0.05, 0.1) is 11.8 Å². The lowest BCUT2D eigenvalue weighted by Gasteiger charge is -2.38. The van der Waals surface area contributed by atoms with Gasteiger partial charge in [0.1, 0.15) is 5.75 Å². The van der Waals surface area contributed by atoms with Crippen molar-refractivity contribution in [1.82, 2.24) is 5.01 Å². The minimum absolute atomic E-state index is 0.0292. The molecule has 0 bridgehead atoms. The molecule has 0 aromatic heterocycles. The molecule has 3 nitrogen and oxygen atoms in total. The predicted octanol–water partition coefficient (Wildman–Crippen LogP) is 5.66. The van der Waals surface area contributed by atoms with Gasteiger partial charge in [-0.1, -0.05) is 48.7 Å². The van der Waals surface area contributed by atoms with Gasteiger partial charge in [0.25, 0.3) is 0 Å². The van der Waals surface area contributed by atoms with Crippen LogP contribution in [0.1, 0.15) is 43.4 Å². The zero-order valence-corrected chi connectivity index (χ0v) is 14.9. The molecule has 0 N–H and O–H groups in total. The molecule has 2 atom stereocenters. The Bertz CT molecular complexity index is 788. The number of rotatable bonds is 3. The standard InChI is InChI=1S/C19H18Cl2N2O/c1-2-3-19-23-17(15-10-14(21)8-9-18(15)24-19)11-16(22-23)12-4-6-13(20)7-5-12/h4-10,17,19H,2-3,11H2,1H3. The van der Waals surface area contributed by atoms with E-state index in [4.69, 9.17) is 33.0 Å². The third-order valence-electron chi connectivity index (χ3n) is 4.54. The largest absolute Gasteiger partial charge is 0.469 e. The third-order valence-corrected chi connectivity index (χ3v) is 5.03. The second-order valence-corrected chi connectivity index (χ2v) is 7.07. The Labute approximate surface area is 151 Å². The third kappa shape index (κ3) is 2.76. The summed E-state index contributed by atoms with van der Waals surface area (Å²) in [6.07, 6.45) is 2.80. The number of nitrogens with zero attached hydrogens (tertiary/aromatic N) is 2. The summed E-state index contributed by atoms with van der Waals surface area (Å²) >= 11 is 12.2. The van der Waals surface area contributed by atoms with Crippen molar-refractivity contribution in [3.8, 4) is 5.75 Å². The lowest BCUT2D eigenvalue weighted by molar-refractivity contribution is -0.0223. The average Bonchev–Trinajstić information content (AvgIpc) is 3.02. The van der Waals surface area contributed by atoms with Crippen molar-refractivity contribution in [3.63, 3.8) is 0 Å². The van der Waals surface area contributed by atoms with Crippen molar-refractivity contribution in [2.24, 2.45) is 5.10 Å². The second kappa shape index (κ2) is 6.30. The van der Waals surface area contributed by atoms with Gasteiger partial charge in [-0.05, 0) is 35.9 Å². The first kappa shape index (κ1) is 15.8. The van der Waals surface area contributed by atoms with Crippen LogP contribution in [0.3, 0.4) is 0 Å². The van der Waals surface area contributed by atoms with Crippen LogP contribution in [0.15, 0.2) is 47.6 Å². The summed E-state index contributed by atoms with van der Waals surface area (Å²) in [4.78, 5) is 0. The Hall–Kier alpha value is -1.71. The molecule has 0 radical (unpaired) electrons. The summed E-state index contributed by atoms with van der Waals surface area (Å²) in [5.41, 5.74) is 3.28. The molecule has 2 aliphatic rings. The quantitative estimate of drug-likeness (QED) is 0.704. The molecule has 0 fully saturated rings. The van der Waals surface area contributed by atoms with Crippen LogP contribution in [0.2, 0.25) is 10.0 Å². The summed E-state index contributed by atoms with van der Waals surface area (Å²) in [5.74, 6) is 0.923. The first-order valence-electron chi connectivity index (χ1n) is 8.23. The lowest BCUT2D eigenvalue weighted by atomic mass is 9.96. The van der Waals surface area contributed by atoms with Crippen LogP contribution in [-0.2, 0) is 0 Å². The van der Waals surface area contributed by atoms with Gasteiger partial charge in [-0.15, -0.1) is 0 Å². The van der Waals surface area contributed by atoms with Crippen molar-refractivity contribution in [2.45, 2.75) is 38.5 Å². The van der Waals surface area contributed by atoms with Crippen molar-refractivity contribution in [2.75, 3.05) is 0 Å². The number of fused-ring (bicyclic) bond motifs is 3. The molecule has 2 aromatic rings. The van der Waals surface area contributed by atoms with Crippen LogP contribution in [0.4, 0.5) is 0 Å². The van der Waals surface area contributed by atoms with E-state index in [0.29, 0.717) is 0 Å². The lowest BCUT2D eigenvalue weighted by Crippen LogP contribution is -2.40. The predicted molar refractivity (Wildman–Crippen MR) is 98.0 cm³/mol. The van der Waals surface area contributed by atoms with E-state index in [1.54, 1.807) is 0 Å². The van der Waals surface area contributed by atoms with Crippen molar-refractivity contribution < 1.29 is 4.74 Å². The topological polar surface area (TPSA) is 24.8 Å². The highest BCUT2D eigenvalue weighted by Gasteiger charge is 2.39. The van der Waals surface area contributed by atoms with Gasteiger partial charge in [-0.25, -0.2) is 0 Å². The Morgan fingerprint density at radius 3 is 2.62 bits per heavy atom. The van der Waals surface area contributed by atoms with E-state index >= 15 is 0 Å². The molecule has 24 heavy (non-hydrogen) atoms. The van der Waals surface area contributed by atoms with E-state index in [-0.39, 0.29) is 12.3 Å². The van der Waals surface area contributed by atoms with Gasteiger partial charge in [0.2, 0.25) is 0 Å². The summed E-state index contributed by atoms with van der Waals surface area (Å²) in [6, 6.07) is 13.9. The maximum absolute atomic E-state index is 6.21. The van der Waals surface area contributed by atoms with Gasteiger partial charge < -0.3 is 4.74 Å². The monoisotopic (exact) mass is 360 g/mol. The second-order valence-electron chi connectivity index (χ2n) is 6.20. The molecule has 0 spiro atoms. The molecule has 0 saturated carbocycles. The highest BCUT2D eigenvalue weighted by Crippen LogP contribution is 2.44. The Balaban J connectivity index is 1.72. The Morgan fingerprint density at radius 1 is 1.12 bits per heavy atom. The molecule has 2 aromatic carbocycles. The maximum Gasteiger partial charge on any atom is 0.187 e. The zero-order chi connectivity index (χ0) is 16.7. The number of ether oxygens (including phenoxy) is 1. The number of halogens is 2. The van der Waals surface area contributed by atoms with Crippen molar-refractivity contribution in [3.05, 3.63) is 63.6 Å². The summed E-state index contributed by atoms with van der Waals surface area (Å²) < 4.78 is 6.18. The number of hydrogen-bond donors (Lipinski definition) is 0. The molecule has 124 valence electrons. The first-order chi connectivity index (χ1) is 11.7. The molecule has 0 aliphatic carbocycles. The highest BCUT2D eigenvalue weighted by atomic mass is 35.5.